The molecule has 2 rings (SSSR count). The fourth-order valence-corrected chi connectivity index (χ4v) is 1.61. The number of aryl methyl sites for hydroxylation is 1. The number of anilines is 1. The molecule has 0 unspecified atom stereocenters. The smallest absolute Gasteiger partial charge is 0.335 e. The van der Waals surface area contributed by atoms with E-state index in [1.807, 2.05) is 6.92 Å². The summed E-state index contributed by atoms with van der Waals surface area (Å²) in [6, 6.07) is 6.57. The van der Waals surface area contributed by atoms with E-state index in [0.717, 1.165) is 5.56 Å². The molecule has 0 aliphatic rings. The molecule has 0 aliphatic heterocycles. The van der Waals surface area contributed by atoms with Gasteiger partial charge in [-0.1, -0.05) is 19.1 Å². The Morgan fingerprint density at radius 1 is 1.41 bits per heavy atom. The van der Waals surface area contributed by atoms with Crippen LogP contribution in [0.2, 0.25) is 0 Å². The number of carbonyl (C=O) groups is 1. The van der Waals surface area contributed by atoms with Gasteiger partial charge >= 0.3 is 5.97 Å². The Hall–Kier alpha value is -2.30. The van der Waals surface area contributed by atoms with E-state index in [1.165, 1.54) is 12.1 Å². The summed E-state index contributed by atoms with van der Waals surface area (Å²) in [4.78, 5) is 14.8. The van der Waals surface area contributed by atoms with E-state index in [0.29, 0.717) is 17.9 Å². The molecule has 17 heavy (non-hydrogen) atoms. The Kier molecular flexibility index (Phi) is 2.82. The van der Waals surface area contributed by atoms with Crippen molar-refractivity contribution < 1.29 is 14.3 Å². The third-order valence-electron chi connectivity index (χ3n) is 2.44. The van der Waals surface area contributed by atoms with E-state index in [2.05, 4.69) is 4.98 Å². The van der Waals surface area contributed by atoms with Gasteiger partial charge in [0.05, 0.1) is 5.56 Å². The van der Waals surface area contributed by atoms with Gasteiger partial charge in [0.15, 0.2) is 0 Å². The second-order valence-electron chi connectivity index (χ2n) is 3.56. The molecule has 1 heterocycles. The van der Waals surface area contributed by atoms with Crippen molar-refractivity contribution in [3.05, 3.63) is 35.6 Å². The molecule has 0 saturated carbocycles. The fraction of sp³-hybridized carbons (Fsp3) is 0.167. The molecule has 2 aromatic rings. The number of aromatic carboxylic acids is 1. The number of hydrogen-bond acceptors (Lipinski definition) is 4. The summed E-state index contributed by atoms with van der Waals surface area (Å²) in [6.07, 6.45) is 0.681. The Morgan fingerprint density at radius 2 is 2.06 bits per heavy atom. The van der Waals surface area contributed by atoms with Gasteiger partial charge in [0, 0.05) is 12.0 Å². The van der Waals surface area contributed by atoms with Crippen LogP contribution in [0.3, 0.4) is 0 Å². The van der Waals surface area contributed by atoms with Crippen molar-refractivity contribution in [2.75, 3.05) is 5.73 Å². The molecular weight excluding hydrogens is 220 g/mol. The minimum atomic E-state index is -0.952. The minimum absolute atomic E-state index is 0.124. The van der Waals surface area contributed by atoms with E-state index in [4.69, 9.17) is 15.3 Å². The van der Waals surface area contributed by atoms with Gasteiger partial charge < -0.3 is 15.3 Å². The highest BCUT2D eigenvalue weighted by atomic mass is 16.4. The molecule has 0 radical (unpaired) electrons. The summed E-state index contributed by atoms with van der Waals surface area (Å²) in [5.74, 6) is -0.252. The topological polar surface area (TPSA) is 89.4 Å². The van der Waals surface area contributed by atoms with Crippen molar-refractivity contribution in [3.8, 4) is 11.3 Å². The van der Waals surface area contributed by atoms with E-state index >= 15 is 0 Å². The summed E-state index contributed by atoms with van der Waals surface area (Å²) in [6.45, 7) is 1.94. The zero-order valence-electron chi connectivity index (χ0n) is 9.30. The first-order valence-corrected chi connectivity index (χ1v) is 5.20. The van der Waals surface area contributed by atoms with Crippen LogP contribution in [-0.2, 0) is 6.42 Å². The Morgan fingerprint density at radius 3 is 2.59 bits per heavy atom. The molecule has 0 saturated heterocycles. The van der Waals surface area contributed by atoms with Crippen molar-refractivity contribution in [2.24, 2.45) is 0 Å². The molecule has 0 amide bonds. The first-order chi connectivity index (χ1) is 8.11. The van der Waals surface area contributed by atoms with Crippen molar-refractivity contribution in [2.45, 2.75) is 13.3 Å². The maximum atomic E-state index is 10.7. The molecule has 5 heteroatoms. The van der Waals surface area contributed by atoms with Gasteiger partial charge in [-0.3, -0.25) is 0 Å². The average molecular weight is 232 g/mol. The van der Waals surface area contributed by atoms with Crippen LogP contribution in [0.1, 0.15) is 23.0 Å². The standard InChI is InChI=1S/C12H12N2O3/c1-2-9-10(14-12(13)17-9)7-3-5-8(6-4-7)11(15)16/h3-6H,2H2,1H3,(H2,13,14)(H,15,16). The second kappa shape index (κ2) is 4.29. The van der Waals surface area contributed by atoms with E-state index in [1.54, 1.807) is 12.1 Å². The molecule has 88 valence electrons. The zero-order valence-corrected chi connectivity index (χ0v) is 9.30. The van der Waals surface area contributed by atoms with Gasteiger partial charge in [-0.15, -0.1) is 0 Å². The van der Waals surface area contributed by atoms with Gasteiger partial charge in [-0.2, -0.15) is 4.98 Å². The second-order valence-corrected chi connectivity index (χ2v) is 3.56. The van der Waals surface area contributed by atoms with E-state index in [9.17, 15) is 4.79 Å². The Bertz CT molecular complexity index is 543. The number of nitrogens with zero attached hydrogens (tertiary/aromatic N) is 1. The summed E-state index contributed by atoms with van der Waals surface area (Å²) >= 11 is 0. The van der Waals surface area contributed by atoms with Crippen molar-refractivity contribution in [1.82, 2.24) is 4.98 Å². The van der Waals surface area contributed by atoms with Crippen molar-refractivity contribution in [1.29, 1.82) is 0 Å². The minimum Gasteiger partial charge on any atom is -0.478 e. The fourth-order valence-electron chi connectivity index (χ4n) is 1.61. The predicted molar refractivity (Wildman–Crippen MR) is 62.7 cm³/mol. The Labute approximate surface area is 97.9 Å². The molecule has 1 aromatic carbocycles. The van der Waals surface area contributed by atoms with Crippen LogP contribution in [0.25, 0.3) is 11.3 Å². The first-order valence-electron chi connectivity index (χ1n) is 5.20. The van der Waals surface area contributed by atoms with E-state index in [-0.39, 0.29) is 11.6 Å². The lowest BCUT2D eigenvalue weighted by Crippen LogP contribution is -1.95. The normalized spacial score (nSPS) is 10.4. The zero-order chi connectivity index (χ0) is 12.4. The van der Waals surface area contributed by atoms with Crippen LogP contribution in [0.4, 0.5) is 6.01 Å². The van der Waals surface area contributed by atoms with E-state index < -0.39 is 5.97 Å². The molecule has 0 atom stereocenters. The van der Waals surface area contributed by atoms with Crippen LogP contribution in [0.5, 0.6) is 0 Å². The van der Waals surface area contributed by atoms with Gasteiger partial charge in [-0.05, 0) is 12.1 Å². The third-order valence-corrected chi connectivity index (χ3v) is 2.44. The maximum Gasteiger partial charge on any atom is 0.335 e. The van der Waals surface area contributed by atoms with Gasteiger partial charge in [0.1, 0.15) is 11.5 Å². The SMILES string of the molecule is CCc1oc(N)nc1-c1ccc(C(=O)O)cc1. The monoisotopic (exact) mass is 232 g/mol. The van der Waals surface area contributed by atoms with Crippen LogP contribution in [0.15, 0.2) is 28.7 Å². The summed E-state index contributed by atoms with van der Waals surface area (Å²) < 4.78 is 5.25. The van der Waals surface area contributed by atoms with Gasteiger partial charge in [-0.25, -0.2) is 4.79 Å². The highest BCUT2D eigenvalue weighted by molar-refractivity contribution is 5.88. The van der Waals surface area contributed by atoms with Crippen LogP contribution < -0.4 is 5.73 Å². The lowest BCUT2D eigenvalue weighted by molar-refractivity contribution is 0.0697. The molecule has 0 bridgehead atoms. The molecule has 3 N–H and O–H groups in total. The number of oxazole rings is 1. The lowest BCUT2D eigenvalue weighted by atomic mass is 10.1. The van der Waals surface area contributed by atoms with Crippen LogP contribution in [-0.4, -0.2) is 16.1 Å². The van der Waals surface area contributed by atoms with Gasteiger partial charge in [0.25, 0.3) is 6.01 Å². The van der Waals surface area contributed by atoms with Crippen molar-refractivity contribution >= 4 is 12.0 Å². The number of carboxylic acid groups (broad SMARTS) is 1. The van der Waals surface area contributed by atoms with Crippen molar-refractivity contribution in [3.63, 3.8) is 0 Å². The largest absolute Gasteiger partial charge is 0.478 e. The Balaban J connectivity index is 2.42. The number of hydrogen-bond donors (Lipinski definition) is 2. The van der Waals surface area contributed by atoms with Crippen LogP contribution in [0, 0.1) is 0 Å². The number of carboxylic acids is 1. The molecule has 0 fully saturated rings. The highest BCUT2D eigenvalue weighted by Gasteiger charge is 2.12. The summed E-state index contributed by atoms with van der Waals surface area (Å²) in [7, 11) is 0. The molecule has 1 aromatic heterocycles. The number of rotatable bonds is 3. The van der Waals surface area contributed by atoms with Gasteiger partial charge in [0.2, 0.25) is 0 Å². The number of nitrogens with two attached hydrogens (primary N) is 1. The lowest BCUT2D eigenvalue weighted by Gasteiger charge is -1.99. The first kappa shape index (κ1) is 11.2. The summed E-state index contributed by atoms with van der Waals surface area (Å²) in [5.41, 5.74) is 7.20. The molecule has 5 nitrogen and oxygen atoms in total. The maximum absolute atomic E-state index is 10.7. The molecular formula is C12H12N2O3. The quantitative estimate of drug-likeness (QED) is 0.846. The van der Waals surface area contributed by atoms with Crippen LogP contribution >= 0.6 is 0 Å². The predicted octanol–water partition coefficient (Wildman–Crippen LogP) is 2.18. The number of benzene rings is 1. The molecule has 0 aliphatic carbocycles. The highest BCUT2D eigenvalue weighted by Crippen LogP contribution is 2.25. The number of nitrogen functional groups attached to an aromatic ring is 1. The summed E-state index contributed by atoms with van der Waals surface area (Å²) in [5, 5.41) is 8.80. The average Bonchev–Trinajstić information content (AvgIpc) is 2.70. The molecule has 0 spiro atoms. The third kappa shape index (κ3) is 2.13. The number of aromatic nitrogens is 1.